The van der Waals surface area contributed by atoms with Gasteiger partial charge in [0.05, 0.1) is 11.4 Å². The van der Waals surface area contributed by atoms with Crippen molar-refractivity contribution in [1.82, 2.24) is 14.8 Å². The Kier molecular flexibility index (Phi) is 7.50. The lowest BCUT2D eigenvalue weighted by Crippen LogP contribution is -2.43. The van der Waals surface area contributed by atoms with Gasteiger partial charge >= 0.3 is 0 Å². The Bertz CT molecular complexity index is 1060. The highest BCUT2D eigenvalue weighted by atomic mass is 32.2. The summed E-state index contributed by atoms with van der Waals surface area (Å²) in [5.41, 5.74) is 0.327. The Balaban J connectivity index is 1.57. The number of carbonyl (C=O) groups is 1. The van der Waals surface area contributed by atoms with Crippen LogP contribution in [0.15, 0.2) is 52.3 Å². The Hall–Kier alpha value is -2.65. The minimum atomic E-state index is -3.28. The Morgan fingerprint density at radius 2 is 1.84 bits per heavy atom. The van der Waals surface area contributed by atoms with E-state index in [9.17, 15) is 18.0 Å². The molecule has 0 unspecified atom stereocenters. The molecule has 0 spiro atoms. The predicted octanol–water partition coefficient (Wildman–Crippen LogP) is 1.61. The van der Waals surface area contributed by atoms with Gasteiger partial charge in [0.1, 0.15) is 11.9 Å². The molecular formula is C22H29N3O5S. The first kappa shape index (κ1) is 23.0. The summed E-state index contributed by atoms with van der Waals surface area (Å²) >= 11 is 0. The van der Waals surface area contributed by atoms with E-state index in [0.717, 1.165) is 38.6 Å². The van der Waals surface area contributed by atoms with E-state index in [0.29, 0.717) is 24.5 Å². The molecule has 9 heteroatoms. The zero-order chi connectivity index (χ0) is 22.4. The van der Waals surface area contributed by atoms with Crippen LogP contribution in [-0.4, -0.2) is 62.3 Å². The first-order chi connectivity index (χ1) is 14.8. The molecule has 8 nitrogen and oxygen atoms in total. The van der Waals surface area contributed by atoms with Crippen LogP contribution in [0.4, 0.5) is 0 Å². The molecule has 1 amide bonds. The van der Waals surface area contributed by atoms with E-state index in [4.69, 9.17) is 4.74 Å². The van der Waals surface area contributed by atoms with Gasteiger partial charge in [-0.2, -0.15) is 0 Å². The normalized spacial score (nSPS) is 15.5. The lowest BCUT2D eigenvalue weighted by Gasteiger charge is -2.31. The number of aromatic nitrogens is 1. The largest absolute Gasteiger partial charge is 0.490 e. The number of hydrogen-bond donors (Lipinski definition) is 1. The molecule has 0 saturated carbocycles. The number of piperidine rings is 1. The summed E-state index contributed by atoms with van der Waals surface area (Å²) in [6.07, 6.45) is 5.27. The van der Waals surface area contributed by atoms with Crippen molar-refractivity contribution in [2.75, 3.05) is 32.4 Å². The number of likely N-dealkylation sites (tertiary alicyclic amines) is 1. The van der Waals surface area contributed by atoms with Gasteiger partial charge in [0.2, 0.25) is 5.91 Å². The molecule has 0 atom stereocenters. The average molecular weight is 448 g/mol. The number of nitrogens with zero attached hydrogens (tertiary/aromatic N) is 2. The first-order valence-electron chi connectivity index (χ1n) is 10.4. The third-order valence-electron chi connectivity index (χ3n) is 5.21. The van der Waals surface area contributed by atoms with Crippen LogP contribution in [0.3, 0.4) is 0 Å². The van der Waals surface area contributed by atoms with Crippen LogP contribution in [0.1, 0.15) is 26.2 Å². The fraction of sp³-hybridized carbons (Fsp3) is 0.455. The molecule has 0 aliphatic carbocycles. The summed E-state index contributed by atoms with van der Waals surface area (Å²) in [5.74, 6) is 0.558. The maximum Gasteiger partial charge on any atom is 0.258 e. The van der Waals surface area contributed by atoms with Crippen molar-refractivity contribution in [3.05, 3.63) is 52.9 Å². The summed E-state index contributed by atoms with van der Waals surface area (Å²) in [6, 6.07) is 9.34. The number of amides is 1. The number of benzene rings is 1. The Morgan fingerprint density at radius 3 is 2.42 bits per heavy atom. The molecule has 1 aliphatic rings. The first-order valence-corrected chi connectivity index (χ1v) is 12.3. The van der Waals surface area contributed by atoms with Gasteiger partial charge in [0, 0.05) is 43.8 Å². The molecule has 0 radical (unpaired) electrons. The van der Waals surface area contributed by atoms with Crippen LogP contribution >= 0.6 is 0 Å². The fourth-order valence-electron chi connectivity index (χ4n) is 3.50. The van der Waals surface area contributed by atoms with Gasteiger partial charge in [-0.15, -0.1) is 0 Å². The number of nitrogens with one attached hydrogen (secondary N) is 1. The topological polar surface area (TPSA) is 97.7 Å². The summed E-state index contributed by atoms with van der Waals surface area (Å²) in [7, 11) is -3.28. The standard InChI is InChI=1S/C22H29N3O5S/c1-3-11-23-21(26)16-24-12-8-18(9-13-24)30-19-10-14-25(22(27)15-19)17-4-6-20(7-5-17)31(2,28)29/h4-7,10,14-15,18H,3,8-9,11-13,16H2,1-2H3,(H,23,26). The van der Waals surface area contributed by atoms with E-state index in [-0.39, 0.29) is 22.5 Å². The highest BCUT2D eigenvalue weighted by molar-refractivity contribution is 7.90. The highest BCUT2D eigenvalue weighted by Crippen LogP contribution is 2.19. The number of rotatable bonds is 8. The second-order valence-corrected chi connectivity index (χ2v) is 9.80. The van der Waals surface area contributed by atoms with Crippen LogP contribution in [0.25, 0.3) is 5.69 Å². The number of hydrogen-bond acceptors (Lipinski definition) is 6. The molecule has 0 bridgehead atoms. The number of sulfone groups is 1. The minimum absolute atomic E-state index is 0.000697. The molecule has 1 aromatic heterocycles. The fourth-order valence-corrected chi connectivity index (χ4v) is 4.13. The molecule has 2 aromatic rings. The Labute approximate surface area is 182 Å². The second kappa shape index (κ2) is 10.1. The van der Waals surface area contributed by atoms with Crippen LogP contribution in [0.2, 0.25) is 0 Å². The third-order valence-corrected chi connectivity index (χ3v) is 6.34. The SMILES string of the molecule is CCCNC(=O)CN1CCC(Oc2ccn(-c3ccc(S(C)(=O)=O)cc3)c(=O)c2)CC1. The second-order valence-electron chi connectivity index (χ2n) is 7.78. The molecule has 1 N–H and O–H groups in total. The maximum atomic E-state index is 12.5. The molecule has 31 heavy (non-hydrogen) atoms. The number of ether oxygens (including phenoxy) is 1. The molecule has 2 heterocycles. The molecule has 1 aliphatic heterocycles. The van der Waals surface area contributed by atoms with E-state index >= 15 is 0 Å². The van der Waals surface area contributed by atoms with Crippen LogP contribution in [0, 0.1) is 0 Å². The summed E-state index contributed by atoms with van der Waals surface area (Å²) in [5, 5.41) is 2.89. The van der Waals surface area contributed by atoms with Crippen LogP contribution < -0.4 is 15.6 Å². The van der Waals surface area contributed by atoms with E-state index < -0.39 is 9.84 Å². The van der Waals surface area contributed by atoms with Gasteiger partial charge in [0.15, 0.2) is 9.84 Å². The summed E-state index contributed by atoms with van der Waals surface area (Å²) in [6.45, 7) is 4.67. The van der Waals surface area contributed by atoms with Crippen molar-refractivity contribution >= 4 is 15.7 Å². The molecule has 3 rings (SSSR count). The van der Waals surface area contributed by atoms with Crippen LogP contribution in [-0.2, 0) is 14.6 Å². The minimum Gasteiger partial charge on any atom is -0.490 e. The molecule has 168 valence electrons. The molecule has 1 aromatic carbocycles. The zero-order valence-corrected chi connectivity index (χ0v) is 18.7. The molecule has 1 saturated heterocycles. The lowest BCUT2D eigenvalue weighted by atomic mass is 10.1. The monoisotopic (exact) mass is 447 g/mol. The van der Waals surface area contributed by atoms with Crippen molar-refractivity contribution in [2.24, 2.45) is 0 Å². The van der Waals surface area contributed by atoms with E-state index in [1.807, 2.05) is 6.92 Å². The van der Waals surface area contributed by atoms with Crippen LogP contribution in [0.5, 0.6) is 5.75 Å². The van der Waals surface area contributed by atoms with Gasteiger partial charge in [-0.25, -0.2) is 8.42 Å². The van der Waals surface area contributed by atoms with Gasteiger partial charge in [-0.3, -0.25) is 19.1 Å². The smallest absolute Gasteiger partial charge is 0.258 e. The van der Waals surface area contributed by atoms with E-state index in [1.165, 1.54) is 22.8 Å². The maximum absolute atomic E-state index is 12.5. The Morgan fingerprint density at radius 1 is 1.16 bits per heavy atom. The van der Waals surface area contributed by atoms with Gasteiger partial charge < -0.3 is 10.1 Å². The summed E-state index contributed by atoms with van der Waals surface area (Å²) < 4.78 is 30.6. The number of pyridine rings is 1. The van der Waals surface area contributed by atoms with E-state index in [1.54, 1.807) is 24.4 Å². The van der Waals surface area contributed by atoms with Crippen molar-refractivity contribution in [3.63, 3.8) is 0 Å². The van der Waals surface area contributed by atoms with Gasteiger partial charge in [-0.1, -0.05) is 6.92 Å². The predicted molar refractivity (Wildman–Crippen MR) is 119 cm³/mol. The van der Waals surface area contributed by atoms with E-state index in [2.05, 4.69) is 10.2 Å². The van der Waals surface area contributed by atoms with Gasteiger partial charge in [0.25, 0.3) is 5.56 Å². The van der Waals surface area contributed by atoms with Crippen molar-refractivity contribution in [2.45, 2.75) is 37.2 Å². The van der Waals surface area contributed by atoms with Crippen molar-refractivity contribution < 1.29 is 17.9 Å². The average Bonchev–Trinajstić information content (AvgIpc) is 2.73. The van der Waals surface area contributed by atoms with Crippen molar-refractivity contribution in [1.29, 1.82) is 0 Å². The molecular weight excluding hydrogens is 418 g/mol. The van der Waals surface area contributed by atoms with Crippen molar-refractivity contribution in [3.8, 4) is 11.4 Å². The molecule has 1 fully saturated rings. The summed E-state index contributed by atoms with van der Waals surface area (Å²) in [4.78, 5) is 26.7. The quantitative estimate of drug-likeness (QED) is 0.660. The third kappa shape index (κ3) is 6.41. The number of carbonyl (C=O) groups excluding carboxylic acids is 1. The lowest BCUT2D eigenvalue weighted by molar-refractivity contribution is -0.122. The van der Waals surface area contributed by atoms with Gasteiger partial charge in [-0.05, 0) is 49.6 Å². The highest BCUT2D eigenvalue weighted by Gasteiger charge is 2.22. The zero-order valence-electron chi connectivity index (χ0n) is 17.9.